The summed E-state index contributed by atoms with van der Waals surface area (Å²) in [6, 6.07) is 7.49. The van der Waals surface area contributed by atoms with Crippen LogP contribution in [0.15, 0.2) is 44.3 Å². The molecule has 20 heavy (non-hydrogen) atoms. The number of aryl methyl sites for hydroxylation is 1. The second-order valence-electron chi connectivity index (χ2n) is 4.05. The zero-order chi connectivity index (χ0) is 14.3. The van der Waals surface area contributed by atoms with Crippen molar-refractivity contribution in [1.82, 2.24) is 4.57 Å². The molecular formula is C12H9FN2O2S3. The first-order chi connectivity index (χ1) is 9.47. The summed E-state index contributed by atoms with van der Waals surface area (Å²) < 4.78 is 43.8. The average Bonchev–Trinajstić information content (AvgIpc) is 2.99. The molecule has 0 saturated heterocycles. The minimum absolute atomic E-state index is 0.195. The molecule has 0 bridgehead atoms. The van der Waals surface area contributed by atoms with Crippen molar-refractivity contribution in [2.45, 2.75) is 4.21 Å². The molecule has 0 amide bonds. The second-order valence-corrected chi connectivity index (χ2v) is 7.84. The molecule has 8 heteroatoms. The van der Waals surface area contributed by atoms with E-state index in [9.17, 15) is 12.8 Å². The molecule has 2 heterocycles. The zero-order valence-electron chi connectivity index (χ0n) is 10.3. The molecule has 1 aromatic carbocycles. The molecule has 4 nitrogen and oxygen atoms in total. The summed E-state index contributed by atoms with van der Waals surface area (Å²) in [4.78, 5) is 0.319. The summed E-state index contributed by atoms with van der Waals surface area (Å²) in [7, 11) is -2.00. The number of sulfonamides is 1. The predicted octanol–water partition coefficient (Wildman–Crippen LogP) is 2.73. The fourth-order valence-electron chi connectivity index (χ4n) is 1.75. The number of thiazole rings is 1. The molecule has 0 saturated carbocycles. The van der Waals surface area contributed by atoms with Gasteiger partial charge in [0.25, 0.3) is 10.0 Å². The molecule has 3 aromatic rings. The highest BCUT2D eigenvalue weighted by molar-refractivity contribution is 7.92. The molecule has 0 radical (unpaired) electrons. The van der Waals surface area contributed by atoms with Crippen LogP contribution in [-0.4, -0.2) is 13.0 Å². The molecule has 0 aliphatic carbocycles. The van der Waals surface area contributed by atoms with Gasteiger partial charge in [0, 0.05) is 7.05 Å². The van der Waals surface area contributed by atoms with Crippen molar-refractivity contribution in [2.75, 3.05) is 0 Å². The lowest BCUT2D eigenvalue weighted by Crippen LogP contribution is -2.13. The van der Waals surface area contributed by atoms with Gasteiger partial charge in [-0.3, -0.25) is 0 Å². The summed E-state index contributed by atoms with van der Waals surface area (Å²) in [5.74, 6) is -0.355. The number of aromatic nitrogens is 1. The first-order valence-corrected chi connectivity index (χ1v) is 8.70. The Balaban J connectivity index is 2.25. The van der Waals surface area contributed by atoms with E-state index in [0.717, 1.165) is 28.2 Å². The van der Waals surface area contributed by atoms with Gasteiger partial charge in [-0.15, -0.1) is 15.7 Å². The van der Waals surface area contributed by atoms with E-state index in [4.69, 9.17) is 0 Å². The van der Waals surface area contributed by atoms with Gasteiger partial charge in [0.1, 0.15) is 10.0 Å². The number of thiophene rings is 1. The summed E-state index contributed by atoms with van der Waals surface area (Å²) in [6.45, 7) is 0. The second kappa shape index (κ2) is 4.80. The van der Waals surface area contributed by atoms with Crippen LogP contribution in [0.4, 0.5) is 4.39 Å². The van der Waals surface area contributed by atoms with Gasteiger partial charge < -0.3 is 4.57 Å². The van der Waals surface area contributed by atoms with Crippen LogP contribution < -0.4 is 4.80 Å². The molecular weight excluding hydrogens is 319 g/mol. The Kier molecular flexibility index (Phi) is 3.23. The van der Waals surface area contributed by atoms with Gasteiger partial charge in [-0.2, -0.15) is 8.42 Å². The standard InChI is InChI=1S/C12H9FN2O2S3/c1-15-9-5-4-8(13)7-10(9)19-12(15)14-20(16,17)11-3-2-6-18-11/h2-7H,1H3. The third-order valence-corrected chi connectivity index (χ3v) is 6.57. The average molecular weight is 328 g/mol. The third-order valence-electron chi connectivity index (χ3n) is 2.72. The molecule has 0 N–H and O–H groups in total. The Morgan fingerprint density at radius 2 is 2.10 bits per heavy atom. The zero-order valence-corrected chi connectivity index (χ0v) is 12.7. The fraction of sp³-hybridized carbons (Fsp3) is 0.0833. The van der Waals surface area contributed by atoms with Crippen molar-refractivity contribution in [3.05, 3.63) is 46.3 Å². The van der Waals surface area contributed by atoms with Gasteiger partial charge in [0.15, 0.2) is 0 Å². The first kappa shape index (κ1) is 13.5. The number of halogens is 1. The highest BCUT2D eigenvalue weighted by Crippen LogP contribution is 2.20. The van der Waals surface area contributed by atoms with Crippen molar-refractivity contribution in [3.8, 4) is 0 Å². The van der Waals surface area contributed by atoms with Crippen molar-refractivity contribution in [2.24, 2.45) is 11.4 Å². The van der Waals surface area contributed by atoms with Gasteiger partial charge in [-0.1, -0.05) is 17.4 Å². The Morgan fingerprint density at radius 1 is 1.30 bits per heavy atom. The van der Waals surface area contributed by atoms with Gasteiger partial charge in [-0.05, 0) is 29.6 Å². The van der Waals surface area contributed by atoms with Crippen molar-refractivity contribution in [1.29, 1.82) is 0 Å². The number of benzene rings is 1. The van der Waals surface area contributed by atoms with Gasteiger partial charge in [0.2, 0.25) is 4.80 Å². The Morgan fingerprint density at radius 3 is 2.80 bits per heavy atom. The Hall–Kier alpha value is -1.51. The predicted molar refractivity (Wildman–Crippen MR) is 77.8 cm³/mol. The summed E-state index contributed by atoms with van der Waals surface area (Å²) in [6.07, 6.45) is 0. The number of rotatable bonds is 2. The summed E-state index contributed by atoms with van der Waals surface area (Å²) >= 11 is 2.26. The lowest BCUT2D eigenvalue weighted by Gasteiger charge is -1.95. The molecule has 0 atom stereocenters. The highest BCUT2D eigenvalue weighted by atomic mass is 32.2. The topological polar surface area (TPSA) is 51.4 Å². The maximum atomic E-state index is 13.2. The molecule has 0 spiro atoms. The minimum Gasteiger partial charge on any atom is -0.319 e. The summed E-state index contributed by atoms with van der Waals surface area (Å²) in [5.41, 5.74) is 0.747. The van der Waals surface area contributed by atoms with E-state index in [1.54, 1.807) is 29.1 Å². The van der Waals surface area contributed by atoms with E-state index >= 15 is 0 Å². The number of hydrogen-bond donors (Lipinski definition) is 0. The maximum absolute atomic E-state index is 13.2. The van der Waals surface area contributed by atoms with Crippen LogP contribution in [-0.2, 0) is 17.1 Å². The van der Waals surface area contributed by atoms with E-state index in [-0.39, 0.29) is 10.0 Å². The quantitative estimate of drug-likeness (QED) is 0.726. The number of fused-ring (bicyclic) bond motifs is 1. The van der Waals surface area contributed by atoms with Crippen LogP contribution in [0.5, 0.6) is 0 Å². The van der Waals surface area contributed by atoms with Crippen LogP contribution >= 0.6 is 22.7 Å². The van der Waals surface area contributed by atoms with Crippen molar-refractivity contribution in [3.63, 3.8) is 0 Å². The van der Waals surface area contributed by atoms with Crippen LogP contribution in [0.25, 0.3) is 10.2 Å². The normalized spacial score (nSPS) is 13.2. The lowest BCUT2D eigenvalue weighted by molar-refractivity contribution is 0.598. The van der Waals surface area contributed by atoms with Crippen molar-refractivity contribution < 1.29 is 12.8 Å². The maximum Gasteiger partial charge on any atom is 0.294 e. The largest absolute Gasteiger partial charge is 0.319 e. The molecule has 2 aromatic heterocycles. The van der Waals surface area contributed by atoms with E-state index in [2.05, 4.69) is 4.40 Å². The smallest absolute Gasteiger partial charge is 0.294 e. The molecule has 0 fully saturated rings. The number of nitrogens with zero attached hydrogens (tertiary/aromatic N) is 2. The molecule has 0 aliphatic heterocycles. The van der Waals surface area contributed by atoms with Crippen LogP contribution in [0.1, 0.15) is 0 Å². The Labute approximate surface area is 122 Å². The van der Waals surface area contributed by atoms with E-state index in [1.165, 1.54) is 18.2 Å². The first-order valence-electron chi connectivity index (χ1n) is 5.57. The monoisotopic (exact) mass is 328 g/mol. The molecule has 104 valence electrons. The van der Waals surface area contributed by atoms with Crippen LogP contribution in [0.2, 0.25) is 0 Å². The van der Waals surface area contributed by atoms with Crippen LogP contribution in [0.3, 0.4) is 0 Å². The Bertz CT molecular complexity index is 937. The number of hydrogen-bond acceptors (Lipinski definition) is 4. The highest BCUT2D eigenvalue weighted by Gasteiger charge is 2.14. The lowest BCUT2D eigenvalue weighted by atomic mass is 10.3. The van der Waals surface area contributed by atoms with Gasteiger partial charge in [-0.25, -0.2) is 4.39 Å². The van der Waals surface area contributed by atoms with E-state index in [1.807, 2.05) is 0 Å². The fourth-order valence-corrected chi connectivity index (χ4v) is 4.99. The molecule has 0 aliphatic rings. The van der Waals surface area contributed by atoms with Gasteiger partial charge >= 0.3 is 0 Å². The summed E-state index contributed by atoms with van der Waals surface area (Å²) in [5, 5.41) is 1.68. The minimum atomic E-state index is -3.71. The SMILES string of the molecule is Cn1c(=NS(=O)(=O)c2cccs2)sc2cc(F)ccc21. The van der Waals surface area contributed by atoms with E-state index < -0.39 is 10.0 Å². The molecule has 3 rings (SSSR count). The molecule has 0 unspecified atom stereocenters. The third kappa shape index (κ3) is 2.30. The van der Waals surface area contributed by atoms with Crippen molar-refractivity contribution >= 4 is 42.9 Å². The van der Waals surface area contributed by atoms with E-state index in [0.29, 0.717) is 9.50 Å². The van der Waals surface area contributed by atoms with Gasteiger partial charge in [0.05, 0.1) is 10.2 Å². The van der Waals surface area contributed by atoms with Crippen LogP contribution in [0, 0.1) is 5.82 Å².